The first-order chi connectivity index (χ1) is 9.49. The van der Waals surface area contributed by atoms with Crippen molar-refractivity contribution in [1.29, 1.82) is 0 Å². The highest BCUT2D eigenvalue weighted by atomic mass is 19.1. The molecule has 0 saturated carbocycles. The van der Waals surface area contributed by atoms with Crippen LogP contribution in [0.1, 0.15) is 15.9 Å². The van der Waals surface area contributed by atoms with E-state index < -0.39 is 5.82 Å². The normalized spacial score (nSPS) is 10.3. The quantitative estimate of drug-likeness (QED) is 0.844. The Morgan fingerprint density at radius 1 is 1.35 bits per heavy atom. The summed E-state index contributed by atoms with van der Waals surface area (Å²) in [5, 5.41) is 0. The molecule has 0 fully saturated rings. The van der Waals surface area contributed by atoms with Crippen molar-refractivity contribution in [2.75, 3.05) is 14.1 Å². The highest BCUT2D eigenvalue weighted by Crippen LogP contribution is 2.12. The van der Waals surface area contributed by atoms with Crippen molar-refractivity contribution in [3.63, 3.8) is 0 Å². The second kappa shape index (κ2) is 5.64. The van der Waals surface area contributed by atoms with E-state index in [-0.39, 0.29) is 23.6 Å². The van der Waals surface area contributed by atoms with Gasteiger partial charge in [0, 0.05) is 37.5 Å². The van der Waals surface area contributed by atoms with Crippen LogP contribution in [0.2, 0.25) is 0 Å². The number of carbonyl (C=O) groups excluding carboxylic acids is 1. The molecule has 0 bridgehead atoms. The maximum absolute atomic E-state index is 14.0. The van der Waals surface area contributed by atoms with Gasteiger partial charge in [-0.2, -0.15) is 0 Å². The van der Waals surface area contributed by atoms with Gasteiger partial charge in [0.15, 0.2) is 0 Å². The Balaban J connectivity index is 2.29. The Bertz CT molecular complexity index is 695. The van der Waals surface area contributed by atoms with E-state index in [0.29, 0.717) is 5.56 Å². The van der Waals surface area contributed by atoms with Crippen LogP contribution in [0.25, 0.3) is 0 Å². The topological polar surface area (TPSA) is 55.2 Å². The minimum absolute atomic E-state index is 0.0783. The van der Waals surface area contributed by atoms with E-state index >= 15 is 0 Å². The number of amides is 1. The lowest BCUT2D eigenvalue weighted by molar-refractivity contribution is 0.0827. The molecule has 0 aliphatic heterocycles. The van der Waals surface area contributed by atoms with Crippen LogP contribution in [-0.4, -0.2) is 34.5 Å². The Kier molecular flexibility index (Phi) is 3.93. The highest BCUT2D eigenvalue weighted by Gasteiger charge is 2.11. The highest BCUT2D eigenvalue weighted by molar-refractivity contribution is 5.93. The summed E-state index contributed by atoms with van der Waals surface area (Å²) in [6, 6.07) is 5.54. The van der Waals surface area contributed by atoms with Crippen LogP contribution in [0.4, 0.5) is 4.39 Å². The molecule has 1 amide bonds. The van der Waals surface area contributed by atoms with Crippen LogP contribution in [0.5, 0.6) is 0 Å². The number of benzene rings is 1. The van der Waals surface area contributed by atoms with E-state index in [1.165, 1.54) is 40.2 Å². The van der Waals surface area contributed by atoms with Gasteiger partial charge in [-0.05, 0) is 12.1 Å². The molecule has 0 N–H and O–H groups in total. The van der Waals surface area contributed by atoms with Gasteiger partial charge in [-0.25, -0.2) is 9.37 Å². The molecule has 20 heavy (non-hydrogen) atoms. The molecule has 1 aromatic heterocycles. The molecule has 2 rings (SSSR count). The van der Waals surface area contributed by atoms with Crippen LogP contribution < -0.4 is 5.56 Å². The fraction of sp³-hybridized carbons (Fsp3) is 0.214. The Morgan fingerprint density at radius 2 is 2.10 bits per heavy atom. The fourth-order valence-corrected chi connectivity index (χ4v) is 1.75. The third kappa shape index (κ3) is 2.90. The number of rotatable bonds is 3. The summed E-state index contributed by atoms with van der Waals surface area (Å²) in [5.74, 6) is -0.789. The zero-order valence-electron chi connectivity index (χ0n) is 11.2. The minimum Gasteiger partial charge on any atom is -0.345 e. The van der Waals surface area contributed by atoms with E-state index in [1.54, 1.807) is 20.2 Å². The maximum Gasteiger partial charge on any atom is 0.253 e. The first-order valence-corrected chi connectivity index (χ1v) is 5.99. The van der Waals surface area contributed by atoms with Crippen LogP contribution in [0, 0.1) is 5.82 Å². The lowest BCUT2D eigenvalue weighted by Gasteiger charge is -2.11. The average Bonchev–Trinajstić information content (AvgIpc) is 2.42. The van der Waals surface area contributed by atoms with E-state index in [9.17, 15) is 14.0 Å². The van der Waals surface area contributed by atoms with Gasteiger partial charge in [0.05, 0.1) is 12.9 Å². The molecule has 104 valence electrons. The predicted molar refractivity (Wildman–Crippen MR) is 72.0 cm³/mol. The molecular formula is C14H14FN3O2. The molecule has 1 aromatic carbocycles. The second-order valence-corrected chi connectivity index (χ2v) is 4.55. The van der Waals surface area contributed by atoms with E-state index in [1.807, 2.05) is 0 Å². The van der Waals surface area contributed by atoms with Gasteiger partial charge in [0.2, 0.25) is 0 Å². The summed E-state index contributed by atoms with van der Waals surface area (Å²) < 4.78 is 15.3. The maximum atomic E-state index is 14.0. The Labute approximate surface area is 115 Å². The molecule has 0 aliphatic rings. The summed E-state index contributed by atoms with van der Waals surface area (Å²) >= 11 is 0. The Hall–Kier alpha value is -2.50. The largest absolute Gasteiger partial charge is 0.345 e. The SMILES string of the molecule is CN(C)C(=O)c1ccc(Cn2cnccc2=O)c(F)c1. The molecule has 2 aromatic rings. The summed E-state index contributed by atoms with van der Waals surface area (Å²) in [7, 11) is 3.20. The van der Waals surface area contributed by atoms with Crippen molar-refractivity contribution in [1.82, 2.24) is 14.5 Å². The zero-order valence-corrected chi connectivity index (χ0v) is 11.2. The molecular weight excluding hydrogens is 261 g/mol. The lowest BCUT2D eigenvalue weighted by Crippen LogP contribution is -2.22. The fourth-order valence-electron chi connectivity index (χ4n) is 1.75. The molecule has 0 spiro atoms. The van der Waals surface area contributed by atoms with Gasteiger partial charge < -0.3 is 4.90 Å². The van der Waals surface area contributed by atoms with Crippen LogP contribution >= 0.6 is 0 Å². The standard InChI is InChI=1S/C14H14FN3O2/c1-17(2)14(20)10-3-4-11(12(15)7-10)8-18-9-16-6-5-13(18)19/h3-7,9H,8H2,1-2H3. The number of halogens is 1. The Morgan fingerprint density at radius 3 is 2.70 bits per heavy atom. The first kappa shape index (κ1) is 13.9. The van der Waals surface area contributed by atoms with Crippen LogP contribution in [0.15, 0.2) is 41.6 Å². The van der Waals surface area contributed by atoms with Crippen molar-refractivity contribution in [2.45, 2.75) is 6.54 Å². The molecule has 0 atom stereocenters. The van der Waals surface area contributed by atoms with Crippen molar-refractivity contribution < 1.29 is 9.18 Å². The molecule has 1 heterocycles. The average molecular weight is 275 g/mol. The van der Waals surface area contributed by atoms with E-state index in [2.05, 4.69) is 4.98 Å². The third-order valence-corrected chi connectivity index (χ3v) is 2.84. The number of aromatic nitrogens is 2. The van der Waals surface area contributed by atoms with E-state index in [4.69, 9.17) is 0 Å². The summed E-state index contributed by atoms with van der Waals surface area (Å²) in [5.41, 5.74) is 0.345. The molecule has 6 heteroatoms. The monoisotopic (exact) mass is 275 g/mol. The molecule has 0 radical (unpaired) electrons. The van der Waals surface area contributed by atoms with Crippen LogP contribution in [-0.2, 0) is 6.54 Å². The third-order valence-electron chi connectivity index (χ3n) is 2.84. The number of hydrogen-bond donors (Lipinski definition) is 0. The van der Waals surface area contributed by atoms with Crippen molar-refractivity contribution in [2.24, 2.45) is 0 Å². The van der Waals surface area contributed by atoms with E-state index in [0.717, 1.165) is 0 Å². The molecule has 0 unspecified atom stereocenters. The summed E-state index contributed by atoms with van der Waals surface area (Å²) in [6.07, 6.45) is 2.73. The summed E-state index contributed by atoms with van der Waals surface area (Å²) in [6.45, 7) is 0.0783. The predicted octanol–water partition coefficient (Wildman–Crippen LogP) is 1.13. The summed E-state index contributed by atoms with van der Waals surface area (Å²) in [4.78, 5) is 28.4. The van der Waals surface area contributed by atoms with Crippen molar-refractivity contribution >= 4 is 5.91 Å². The van der Waals surface area contributed by atoms with Gasteiger partial charge in [0.25, 0.3) is 11.5 Å². The van der Waals surface area contributed by atoms with Gasteiger partial charge in [-0.1, -0.05) is 6.07 Å². The lowest BCUT2D eigenvalue weighted by atomic mass is 10.1. The smallest absolute Gasteiger partial charge is 0.253 e. The van der Waals surface area contributed by atoms with Gasteiger partial charge >= 0.3 is 0 Å². The zero-order chi connectivity index (χ0) is 14.7. The van der Waals surface area contributed by atoms with Gasteiger partial charge in [-0.15, -0.1) is 0 Å². The molecule has 5 nitrogen and oxygen atoms in total. The number of hydrogen-bond acceptors (Lipinski definition) is 3. The minimum atomic E-state index is -0.520. The second-order valence-electron chi connectivity index (χ2n) is 4.55. The van der Waals surface area contributed by atoms with Gasteiger partial charge in [0.1, 0.15) is 5.82 Å². The van der Waals surface area contributed by atoms with Crippen LogP contribution in [0.3, 0.4) is 0 Å². The van der Waals surface area contributed by atoms with Crippen molar-refractivity contribution in [3.8, 4) is 0 Å². The van der Waals surface area contributed by atoms with Gasteiger partial charge in [-0.3, -0.25) is 14.2 Å². The molecule has 0 saturated heterocycles. The number of nitrogens with zero attached hydrogens (tertiary/aromatic N) is 3. The first-order valence-electron chi connectivity index (χ1n) is 5.99. The number of carbonyl (C=O) groups is 1. The van der Waals surface area contributed by atoms with Crippen molar-refractivity contribution in [3.05, 3.63) is 64.1 Å². The molecule has 0 aliphatic carbocycles.